The summed E-state index contributed by atoms with van der Waals surface area (Å²) in [7, 11) is 0. The Morgan fingerprint density at radius 1 is 1.13 bits per heavy atom. The van der Waals surface area contributed by atoms with E-state index >= 15 is 0 Å². The van der Waals surface area contributed by atoms with Crippen molar-refractivity contribution in [2.45, 2.75) is 50.5 Å². The Balaban J connectivity index is 1.47. The van der Waals surface area contributed by atoms with E-state index in [1.807, 2.05) is 33.7 Å². The largest absolute Gasteiger partial charge is 0.335 e. The van der Waals surface area contributed by atoms with Crippen LogP contribution < -0.4 is 5.32 Å². The summed E-state index contributed by atoms with van der Waals surface area (Å²) in [5, 5.41) is 11.8. The van der Waals surface area contributed by atoms with E-state index in [4.69, 9.17) is 0 Å². The molecule has 1 N–H and O–H groups in total. The second-order valence-corrected chi connectivity index (χ2v) is 6.70. The van der Waals surface area contributed by atoms with E-state index in [-0.39, 0.29) is 11.9 Å². The van der Waals surface area contributed by atoms with E-state index in [2.05, 4.69) is 15.5 Å². The summed E-state index contributed by atoms with van der Waals surface area (Å²) in [6.45, 7) is 1.57. The summed E-state index contributed by atoms with van der Waals surface area (Å²) in [6, 6.07) is 6.39. The molecule has 2 aliphatic rings. The molecule has 1 aliphatic carbocycles. The highest BCUT2D eigenvalue weighted by atomic mass is 16.2. The number of amides is 2. The van der Waals surface area contributed by atoms with Crippen molar-refractivity contribution in [3.63, 3.8) is 0 Å². The predicted molar refractivity (Wildman–Crippen MR) is 87.3 cm³/mol. The third-order valence-corrected chi connectivity index (χ3v) is 5.10. The minimum Gasteiger partial charge on any atom is -0.335 e. The zero-order valence-electron chi connectivity index (χ0n) is 13.3. The lowest BCUT2D eigenvalue weighted by molar-refractivity contribution is 0.174. The number of hydrogen-bond donors (Lipinski definition) is 1. The molecule has 23 heavy (non-hydrogen) atoms. The van der Waals surface area contributed by atoms with Crippen LogP contribution in [0.5, 0.6) is 0 Å². The first-order valence-electron chi connectivity index (χ1n) is 8.66. The molecule has 6 nitrogen and oxygen atoms in total. The van der Waals surface area contributed by atoms with Crippen molar-refractivity contribution in [2.24, 2.45) is 0 Å². The third kappa shape index (κ3) is 2.90. The summed E-state index contributed by atoms with van der Waals surface area (Å²) >= 11 is 0. The quantitative estimate of drug-likeness (QED) is 0.927. The fourth-order valence-corrected chi connectivity index (χ4v) is 3.85. The van der Waals surface area contributed by atoms with Crippen molar-refractivity contribution < 1.29 is 4.79 Å². The SMILES string of the molecule is O=C(NC1CCCC1)N1CCC[C@H](c2nnc3ccccn23)C1. The maximum absolute atomic E-state index is 12.5. The van der Waals surface area contributed by atoms with Crippen LogP contribution in [0.2, 0.25) is 0 Å². The molecule has 2 amide bonds. The molecule has 6 heteroatoms. The Morgan fingerprint density at radius 2 is 2.00 bits per heavy atom. The van der Waals surface area contributed by atoms with E-state index in [9.17, 15) is 4.79 Å². The Kier molecular flexibility index (Phi) is 3.89. The molecular formula is C17H23N5O. The predicted octanol–water partition coefficient (Wildman–Crippen LogP) is 2.56. The van der Waals surface area contributed by atoms with Gasteiger partial charge in [0.25, 0.3) is 0 Å². The van der Waals surface area contributed by atoms with E-state index in [0.717, 1.165) is 50.2 Å². The van der Waals surface area contributed by atoms with Gasteiger partial charge < -0.3 is 10.2 Å². The lowest BCUT2D eigenvalue weighted by Crippen LogP contribution is -2.47. The van der Waals surface area contributed by atoms with Gasteiger partial charge in [-0.2, -0.15) is 0 Å². The Labute approximate surface area is 135 Å². The molecule has 2 aromatic heterocycles. The lowest BCUT2D eigenvalue weighted by Gasteiger charge is -2.32. The molecule has 122 valence electrons. The summed E-state index contributed by atoms with van der Waals surface area (Å²) in [5.74, 6) is 1.23. The minimum absolute atomic E-state index is 0.0930. The number of rotatable bonds is 2. The fourth-order valence-electron chi connectivity index (χ4n) is 3.85. The molecular weight excluding hydrogens is 290 g/mol. The highest BCUT2D eigenvalue weighted by molar-refractivity contribution is 5.74. The van der Waals surface area contributed by atoms with Gasteiger partial charge in [-0.3, -0.25) is 4.40 Å². The highest BCUT2D eigenvalue weighted by Gasteiger charge is 2.29. The van der Waals surface area contributed by atoms with Gasteiger partial charge in [0.15, 0.2) is 5.65 Å². The molecule has 1 atom stereocenters. The summed E-state index contributed by atoms with van der Waals surface area (Å²) in [4.78, 5) is 14.5. The van der Waals surface area contributed by atoms with Crippen molar-refractivity contribution >= 4 is 11.7 Å². The first-order valence-corrected chi connectivity index (χ1v) is 8.66. The van der Waals surface area contributed by atoms with Crippen LogP contribution in [0.15, 0.2) is 24.4 Å². The number of piperidine rings is 1. The second-order valence-electron chi connectivity index (χ2n) is 6.70. The average molecular weight is 313 g/mol. The van der Waals surface area contributed by atoms with Crippen molar-refractivity contribution in [1.82, 2.24) is 24.8 Å². The van der Waals surface area contributed by atoms with Crippen molar-refractivity contribution in [3.8, 4) is 0 Å². The Morgan fingerprint density at radius 3 is 2.87 bits per heavy atom. The number of nitrogens with one attached hydrogen (secondary N) is 1. The molecule has 2 fully saturated rings. The van der Waals surface area contributed by atoms with E-state index in [1.165, 1.54) is 12.8 Å². The van der Waals surface area contributed by atoms with Gasteiger partial charge in [-0.1, -0.05) is 18.9 Å². The van der Waals surface area contributed by atoms with Gasteiger partial charge in [0.1, 0.15) is 5.82 Å². The average Bonchev–Trinajstić information content (AvgIpc) is 3.24. The van der Waals surface area contributed by atoms with Crippen molar-refractivity contribution in [1.29, 1.82) is 0 Å². The van der Waals surface area contributed by atoms with Crippen LogP contribution in [0.3, 0.4) is 0 Å². The van der Waals surface area contributed by atoms with Gasteiger partial charge in [-0.25, -0.2) is 4.79 Å². The summed E-state index contributed by atoms with van der Waals surface area (Å²) in [6.07, 6.45) is 8.80. The normalized spacial score (nSPS) is 22.6. The van der Waals surface area contributed by atoms with Crippen LogP contribution in [0.25, 0.3) is 5.65 Å². The van der Waals surface area contributed by atoms with Crippen molar-refractivity contribution in [2.75, 3.05) is 13.1 Å². The van der Waals surface area contributed by atoms with Crippen LogP contribution in [0.1, 0.15) is 50.3 Å². The summed E-state index contributed by atoms with van der Waals surface area (Å²) < 4.78 is 2.04. The van der Waals surface area contributed by atoms with Crippen LogP contribution >= 0.6 is 0 Å². The van der Waals surface area contributed by atoms with Gasteiger partial charge >= 0.3 is 6.03 Å². The lowest BCUT2D eigenvalue weighted by atomic mass is 9.97. The van der Waals surface area contributed by atoms with Crippen molar-refractivity contribution in [3.05, 3.63) is 30.2 Å². The molecule has 0 aromatic carbocycles. The number of likely N-dealkylation sites (tertiary alicyclic amines) is 1. The summed E-state index contributed by atoms with van der Waals surface area (Å²) in [5.41, 5.74) is 0.870. The number of carbonyl (C=O) groups excluding carboxylic acids is 1. The second kappa shape index (κ2) is 6.18. The van der Waals surface area contributed by atoms with E-state index < -0.39 is 0 Å². The Bertz CT molecular complexity index is 691. The van der Waals surface area contributed by atoms with E-state index in [1.54, 1.807) is 0 Å². The first kappa shape index (κ1) is 14.5. The molecule has 1 saturated heterocycles. The number of fused-ring (bicyclic) bond motifs is 1. The number of pyridine rings is 1. The van der Waals surface area contributed by atoms with Gasteiger partial charge in [0.2, 0.25) is 0 Å². The van der Waals surface area contributed by atoms with Crippen LogP contribution in [0.4, 0.5) is 4.79 Å². The van der Waals surface area contributed by atoms with Gasteiger partial charge in [-0.05, 0) is 37.8 Å². The zero-order chi connectivity index (χ0) is 15.6. The molecule has 2 aromatic rings. The number of hydrogen-bond acceptors (Lipinski definition) is 3. The monoisotopic (exact) mass is 313 g/mol. The minimum atomic E-state index is 0.0930. The number of aromatic nitrogens is 3. The van der Waals surface area contributed by atoms with E-state index in [0.29, 0.717) is 6.04 Å². The first-order chi connectivity index (χ1) is 11.3. The maximum Gasteiger partial charge on any atom is 0.317 e. The third-order valence-electron chi connectivity index (χ3n) is 5.10. The number of carbonyl (C=O) groups is 1. The highest BCUT2D eigenvalue weighted by Crippen LogP contribution is 2.26. The maximum atomic E-state index is 12.5. The van der Waals surface area contributed by atoms with Crippen LogP contribution in [0, 0.1) is 0 Å². The number of urea groups is 1. The molecule has 0 bridgehead atoms. The standard InChI is InChI=1S/C17H23N5O/c23-17(18-14-7-1-2-8-14)21-10-5-6-13(12-21)16-20-19-15-9-3-4-11-22(15)16/h3-4,9,11,13-14H,1-2,5-8,10,12H2,(H,18,23)/t13-/m0/s1. The van der Waals surface area contributed by atoms with Crippen LogP contribution in [-0.4, -0.2) is 44.7 Å². The van der Waals surface area contributed by atoms with Gasteiger partial charge in [0.05, 0.1) is 0 Å². The molecule has 0 unspecified atom stereocenters. The zero-order valence-corrected chi connectivity index (χ0v) is 13.3. The smallest absolute Gasteiger partial charge is 0.317 e. The topological polar surface area (TPSA) is 62.5 Å². The Hall–Kier alpha value is -2.11. The molecule has 1 aliphatic heterocycles. The molecule has 1 saturated carbocycles. The van der Waals surface area contributed by atoms with Gasteiger partial charge in [0, 0.05) is 31.2 Å². The molecule has 0 radical (unpaired) electrons. The molecule has 4 rings (SSSR count). The number of nitrogens with zero attached hydrogens (tertiary/aromatic N) is 4. The van der Waals surface area contributed by atoms with Gasteiger partial charge in [-0.15, -0.1) is 10.2 Å². The molecule has 0 spiro atoms. The molecule has 3 heterocycles. The van der Waals surface area contributed by atoms with Crippen LogP contribution in [-0.2, 0) is 0 Å². The fraction of sp³-hybridized carbons (Fsp3) is 0.588.